The quantitative estimate of drug-likeness (QED) is 0.702. The van der Waals surface area contributed by atoms with Gasteiger partial charge in [0.1, 0.15) is 5.69 Å². The van der Waals surface area contributed by atoms with Crippen LogP contribution in [-0.2, 0) is 16.5 Å². The van der Waals surface area contributed by atoms with Crippen molar-refractivity contribution in [1.29, 1.82) is 0 Å². The summed E-state index contributed by atoms with van der Waals surface area (Å²) in [6.07, 6.45) is 4.22. The van der Waals surface area contributed by atoms with E-state index < -0.39 is 5.91 Å². The maximum absolute atomic E-state index is 10.3. The molecule has 20 heavy (non-hydrogen) atoms. The van der Waals surface area contributed by atoms with Crippen molar-refractivity contribution < 1.29 is 21.3 Å². The van der Waals surface area contributed by atoms with Crippen molar-refractivity contribution in [1.82, 2.24) is 9.97 Å². The molecule has 0 fully saturated rings. The Balaban J connectivity index is 0.000000192. The van der Waals surface area contributed by atoms with Crippen LogP contribution in [0.5, 0.6) is 0 Å². The summed E-state index contributed by atoms with van der Waals surface area (Å²) in [7, 11) is 0. The number of nitrogens with zero attached hydrogens (tertiary/aromatic N) is 2. The van der Waals surface area contributed by atoms with Crippen molar-refractivity contribution in [3.8, 4) is 0 Å². The maximum atomic E-state index is 10.3. The molecule has 0 aliphatic rings. The molecular weight excluding hydrogens is 297 g/mol. The van der Waals surface area contributed by atoms with Gasteiger partial charge in [-0.15, -0.1) is 0 Å². The summed E-state index contributed by atoms with van der Waals surface area (Å²) in [4.78, 5) is 17.6. The Morgan fingerprint density at radius 1 is 0.900 bits per heavy atom. The number of hydrogen-bond acceptors (Lipinski definition) is 3. The first-order valence-corrected chi connectivity index (χ1v) is 5.77. The van der Waals surface area contributed by atoms with E-state index in [1.165, 1.54) is 29.4 Å². The van der Waals surface area contributed by atoms with Crippen LogP contribution in [0.15, 0.2) is 67.1 Å². The Morgan fingerprint density at radius 3 is 1.70 bits per heavy atom. The minimum Gasteiger partial charge on any atom is -0.364 e. The number of rotatable bonds is 1. The van der Waals surface area contributed by atoms with E-state index in [0.717, 1.165) is 0 Å². The number of primary amides is 1. The minimum atomic E-state index is -0.553. The molecule has 4 nitrogen and oxygen atoms in total. The number of hydrogen-bond donors (Lipinski definition) is 1. The monoisotopic (exact) mass is 309 g/mol. The third-order valence-corrected chi connectivity index (χ3v) is 2.47. The van der Waals surface area contributed by atoms with Gasteiger partial charge < -0.3 is 5.73 Å². The van der Waals surface area contributed by atoms with Crippen LogP contribution >= 0.6 is 0 Å². The minimum absolute atomic E-state index is 0. The van der Waals surface area contributed by atoms with E-state index in [0.29, 0.717) is 0 Å². The predicted molar refractivity (Wildman–Crippen MR) is 74.5 cm³/mol. The second kappa shape index (κ2) is 8.02. The molecule has 0 atom stereocenters. The number of amides is 1. The zero-order valence-corrected chi connectivity index (χ0v) is 11.5. The van der Waals surface area contributed by atoms with E-state index >= 15 is 0 Å². The van der Waals surface area contributed by atoms with Crippen molar-refractivity contribution in [2.24, 2.45) is 5.73 Å². The first-order chi connectivity index (χ1) is 9.27. The number of carbonyl (C=O) groups excluding carboxylic acids is 1. The smallest absolute Gasteiger partial charge is 0.268 e. The summed E-state index contributed by atoms with van der Waals surface area (Å²) in [5, 5.41) is 2.62. The van der Waals surface area contributed by atoms with Gasteiger partial charge in [0.2, 0.25) is 0 Å². The van der Waals surface area contributed by atoms with E-state index in [9.17, 15) is 4.79 Å². The van der Waals surface area contributed by atoms with Crippen molar-refractivity contribution in [3.05, 3.63) is 72.8 Å². The van der Waals surface area contributed by atoms with Crippen molar-refractivity contribution in [3.63, 3.8) is 0 Å². The molecule has 0 bridgehead atoms. The molecule has 0 aliphatic carbocycles. The molecule has 3 aromatic rings. The van der Waals surface area contributed by atoms with Gasteiger partial charge in [0.25, 0.3) is 5.91 Å². The van der Waals surface area contributed by atoms with Crippen LogP contribution in [0.3, 0.4) is 0 Å². The van der Waals surface area contributed by atoms with E-state index in [2.05, 4.69) is 58.5 Å². The summed E-state index contributed by atoms with van der Waals surface area (Å²) in [6.45, 7) is 0. The molecule has 2 aromatic carbocycles. The fraction of sp³-hybridized carbons (Fsp3) is 0. The van der Waals surface area contributed by atoms with Crippen molar-refractivity contribution in [2.75, 3.05) is 0 Å². The molecule has 2 N–H and O–H groups in total. The van der Waals surface area contributed by atoms with Gasteiger partial charge in [-0.2, -0.15) is 0 Å². The molecule has 3 rings (SSSR count). The van der Waals surface area contributed by atoms with E-state index in [1.807, 2.05) is 0 Å². The molecule has 0 aliphatic heterocycles. The molecule has 0 radical (unpaired) electrons. The third kappa shape index (κ3) is 4.45. The van der Waals surface area contributed by atoms with Gasteiger partial charge in [-0.3, -0.25) is 9.78 Å². The Hall–Kier alpha value is -2.26. The average molecular weight is 310 g/mol. The van der Waals surface area contributed by atoms with E-state index in [-0.39, 0.29) is 22.2 Å². The average Bonchev–Trinajstić information content (AvgIpc) is 2.49. The Kier molecular flexibility index (Phi) is 6.34. The maximum Gasteiger partial charge on any atom is 0.268 e. The van der Waals surface area contributed by atoms with Gasteiger partial charge in [0.05, 0.1) is 6.20 Å². The van der Waals surface area contributed by atoms with Crippen LogP contribution < -0.4 is 5.73 Å². The van der Waals surface area contributed by atoms with Crippen LogP contribution in [0.1, 0.15) is 10.5 Å². The number of nitrogens with two attached hydrogens (primary N) is 1. The summed E-state index contributed by atoms with van der Waals surface area (Å²) >= 11 is 0. The van der Waals surface area contributed by atoms with E-state index in [4.69, 9.17) is 5.73 Å². The Labute approximate surface area is 127 Å². The second-order valence-corrected chi connectivity index (χ2v) is 3.80. The molecule has 0 saturated heterocycles. The van der Waals surface area contributed by atoms with Crippen molar-refractivity contribution >= 4 is 16.7 Å². The second-order valence-electron chi connectivity index (χ2n) is 3.80. The van der Waals surface area contributed by atoms with Gasteiger partial charge >= 0.3 is 0 Å². The Bertz CT molecular complexity index is 609. The molecule has 104 valence electrons. The number of benzene rings is 2. The largest absolute Gasteiger partial charge is 0.364 e. The summed E-state index contributed by atoms with van der Waals surface area (Å²) < 4.78 is 0. The number of carbonyl (C=O) groups is 1. The van der Waals surface area contributed by atoms with Gasteiger partial charge in [-0.25, -0.2) is 4.98 Å². The molecule has 0 saturated carbocycles. The number of fused-ring (bicyclic) bond motifs is 1. The molecule has 1 amide bonds. The normalized spacial score (nSPS) is 9.00. The number of aromatic nitrogens is 2. The topological polar surface area (TPSA) is 68.9 Å². The van der Waals surface area contributed by atoms with E-state index in [1.54, 1.807) is 0 Å². The fourth-order valence-corrected chi connectivity index (χ4v) is 1.56. The van der Waals surface area contributed by atoms with Crippen LogP contribution in [0.4, 0.5) is 0 Å². The van der Waals surface area contributed by atoms with Gasteiger partial charge in [-0.1, -0.05) is 48.5 Å². The molecule has 1 heterocycles. The summed E-state index contributed by atoms with van der Waals surface area (Å²) in [5.74, 6) is -0.553. The summed E-state index contributed by atoms with van der Waals surface area (Å²) in [5.41, 5.74) is 5.06. The predicted octanol–water partition coefficient (Wildman–Crippen LogP) is 2.41. The first kappa shape index (κ1) is 15.8. The fourth-order valence-electron chi connectivity index (χ4n) is 1.56. The van der Waals surface area contributed by atoms with Gasteiger partial charge in [0, 0.05) is 28.9 Å². The zero-order valence-electron chi connectivity index (χ0n) is 10.5. The SMILES string of the molecule is NC(=O)c1cnccn1.[Ni].c1ccc2ccccc2c1. The van der Waals surface area contributed by atoms with Gasteiger partial charge in [0.15, 0.2) is 0 Å². The molecular formula is C15H13N3NiO. The first-order valence-electron chi connectivity index (χ1n) is 5.77. The zero-order chi connectivity index (χ0) is 13.5. The Morgan fingerprint density at radius 2 is 1.40 bits per heavy atom. The van der Waals surface area contributed by atoms with Crippen LogP contribution in [0.25, 0.3) is 10.8 Å². The van der Waals surface area contributed by atoms with Gasteiger partial charge in [-0.05, 0) is 10.8 Å². The molecule has 1 aromatic heterocycles. The summed E-state index contributed by atoms with van der Waals surface area (Å²) in [6, 6.07) is 16.7. The van der Waals surface area contributed by atoms with Crippen LogP contribution in [0.2, 0.25) is 0 Å². The molecule has 0 unspecified atom stereocenters. The molecule has 5 heteroatoms. The standard InChI is InChI=1S/C10H8.C5H5N3O.Ni/c1-2-6-10-8-4-3-7-9(10)5-1;6-5(9)4-3-7-1-2-8-4;/h1-8H;1-3H,(H2,6,9);. The third-order valence-electron chi connectivity index (χ3n) is 2.47. The van der Waals surface area contributed by atoms with Crippen molar-refractivity contribution in [2.45, 2.75) is 0 Å². The molecule has 0 spiro atoms. The van der Waals surface area contributed by atoms with Crippen LogP contribution in [-0.4, -0.2) is 15.9 Å². The van der Waals surface area contributed by atoms with Crippen LogP contribution in [0, 0.1) is 0 Å².